The van der Waals surface area contributed by atoms with Crippen molar-refractivity contribution >= 4 is 11.3 Å². The Morgan fingerprint density at radius 3 is 2.53 bits per heavy atom. The molecule has 1 nitrogen and oxygen atoms in total. The minimum Gasteiger partial charge on any atom is -0.311 e. The Bertz CT molecular complexity index is 254. The molecule has 0 aromatic carbocycles. The molecule has 0 aliphatic carbocycles. The van der Waals surface area contributed by atoms with Crippen LogP contribution in [0.15, 0.2) is 17.5 Å². The Hall–Kier alpha value is -0.340. The SMILES string of the molecule is CCC(NC(C)Cc1cccs1)C(C)C. The van der Waals surface area contributed by atoms with E-state index in [1.165, 1.54) is 11.3 Å². The van der Waals surface area contributed by atoms with Crippen LogP contribution in [0, 0.1) is 5.92 Å². The minimum atomic E-state index is 0.580. The van der Waals surface area contributed by atoms with Crippen LogP contribution in [-0.2, 0) is 6.42 Å². The van der Waals surface area contributed by atoms with E-state index in [1.807, 2.05) is 11.3 Å². The van der Waals surface area contributed by atoms with E-state index in [2.05, 4.69) is 50.5 Å². The lowest BCUT2D eigenvalue weighted by molar-refractivity contribution is 0.351. The van der Waals surface area contributed by atoms with Gasteiger partial charge in [0.15, 0.2) is 0 Å². The Morgan fingerprint density at radius 1 is 1.33 bits per heavy atom. The van der Waals surface area contributed by atoms with Gasteiger partial charge in [0.05, 0.1) is 0 Å². The van der Waals surface area contributed by atoms with Crippen molar-refractivity contribution < 1.29 is 0 Å². The van der Waals surface area contributed by atoms with Gasteiger partial charge in [-0.05, 0) is 37.1 Å². The second-order valence-corrected chi connectivity index (χ2v) is 5.64. The fourth-order valence-electron chi connectivity index (χ4n) is 1.94. The Labute approximate surface area is 97.9 Å². The van der Waals surface area contributed by atoms with Gasteiger partial charge in [0.1, 0.15) is 0 Å². The fourth-order valence-corrected chi connectivity index (χ4v) is 2.77. The molecule has 2 unspecified atom stereocenters. The molecule has 1 aromatic heterocycles. The van der Waals surface area contributed by atoms with Crippen LogP contribution in [-0.4, -0.2) is 12.1 Å². The molecule has 0 spiro atoms. The minimum absolute atomic E-state index is 0.580. The number of nitrogens with one attached hydrogen (secondary N) is 1. The van der Waals surface area contributed by atoms with Crippen molar-refractivity contribution in [1.29, 1.82) is 0 Å². The third kappa shape index (κ3) is 4.35. The standard InChI is InChI=1S/C13H23NS/c1-5-13(10(2)3)14-11(4)9-12-7-6-8-15-12/h6-8,10-11,13-14H,5,9H2,1-4H3. The highest BCUT2D eigenvalue weighted by Gasteiger charge is 2.13. The summed E-state index contributed by atoms with van der Waals surface area (Å²) in [6.45, 7) is 9.12. The van der Waals surface area contributed by atoms with E-state index < -0.39 is 0 Å². The molecule has 86 valence electrons. The van der Waals surface area contributed by atoms with Gasteiger partial charge in [-0.1, -0.05) is 26.8 Å². The average Bonchev–Trinajstić information content (AvgIpc) is 2.66. The highest BCUT2D eigenvalue weighted by atomic mass is 32.1. The molecule has 1 rings (SSSR count). The highest BCUT2D eigenvalue weighted by molar-refractivity contribution is 7.09. The topological polar surface area (TPSA) is 12.0 Å². The number of thiophene rings is 1. The lowest BCUT2D eigenvalue weighted by Crippen LogP contribution is -2.40. The maximum Gasteiger partial charge on any atom is 0.00900 e. The molecular formula is C13H23NS. The van der Waals surface area contributed by atoms with Crippen LogP contribution >= 0.6 is 11.3 Å². The molecule has 0 saturated carbocycles. The average molecular weight is 225 g/mol. The van der Waals surface area contributed by atoms with E-state index in [0.29, 0.717) is 12.1 Å². The van der Waals surface area contributed by atoms with Gasteiger partial charge in [-0.3, -0.25) is 0 Å². The maximum atomic E-state index is 3.71. The van der Waals surface area contributed by atoms with Crippen molar-refractivity contribution in [2.75, 3.05) is 0 Å². The van der Waals surface area contributed by atoms with Gasteiger partial charge in [-0.25, -0.2) is 0 Å². The summed E-state index contributed by atoms with van der Waals surface area (Å²) in [6.07, 6.45) is 2.37. The predicted molar refractivity (Wildman–Crippen MR) is 69.5 cm³/mol. The van der Waals surface area contributed by atoms with Crippen molar-refractivity contribution in [1.82, 2.24) is 5.32 Å². The van der Waals surface area contributed by atoms with Gasteiger partial charge in [-0.2, -0.15) is 0 Å². The second-order valence-electron chi connectivity index (χ2n) is 4.61. The van der Waals surface area contributed by atoms with Crippen LogP contribution < -0.4 is 5.32 Å². The first-order chi connectivity index (χ1) is 7.13. The summed E-state index contributed by atoms with van der Waals surface area (Å²) in [6, 6.07) is 5.59. The Kier molecular flexibility index (Phi) is 5.34. The molecule has 2 heteroatoms. The third-order valence-electron chi connectivity index (χ3n) is 2.83. The van der Waals surface area contributed by atoms with E-state index in [1.54, 1.807) is 0 Å². The zero-order chi connectivity index (χ0) is 11.3. The lowest BCUT2D eigenvalue weighted by Gasteiger charge is -2.25. The summed E-state index contributed by atoms with van der Waals surface area (Å²) < 4.78 is 0. The molecule has 1 N–H and O–H groups in total. The van der Waals surface area contributed by atoms with E-state index in [9.17, 15) is 0 Å². The summed E-state index contributed by atoms with van der Waals surface area (Å²) >= 11 is 1.85. The third-order valence-corrected chi connectivity index (χ3v) is 3.73. The zero-order valence-corrected chi connectivity index (χ0v) is 11.1. The molecule has 15 heavy (non-hydrogen) atoms. The predicted octanol–water partition coefficient (Wildman–Crippen LogP) is 3.70. The van der Waals surface area contributed by atoms with Crippen molar-refractivity contribution in [2.45, 2.75) is 52.6 Å². The summed E-state index contributed by atoms with van der Waals surface area (Å²) in [5, 5.41) is 5.87. The molecule has 1 heterocycles. The molecule has 0 saturated heterocycles. The lowest BCUT2D eigenvalue weighted by atomic mass is 10.0. The summed E-state index contributed by atoms with van der Waals surface area (Å²) in [7, 11) is 0. The van der Waals surface area contributed by atoms with Crippen LogP contribution in [0.25, 0.3) is 0 Å². The second kappa shape index (κ2) is 6.29. The van der Waals surface area contributed by atoms with Crippen LogP contribution in [0.3, 0.4) is 0 Å². The first-order valence-corrected chi connectivity index (χ1v) is 6.79. The number of hydrogen-bond acceptors (Lipinski definition) is 2. The van der Waals surface area contributed by atoms with Gasteiger partial charge in [0.25, 0.3) is 0 Å². The van der Waals surface area contributed by atoms with Gasteiger partial charge in [-0.15, -0.1) is 11.3 Å². The maximum absolute atomic E-state index is 3.71. The first-order valence-electron chi connectivity index (χ1n) is 5.92. The Balaban J connectivity index is 2.37. The van der Waals surface area contributed by atoms with Crippen molar-refractivity contribution in [3.63, 3.8) is 0 Å². The van der Waals surface area contributed by atoms with Gasteiger partial charge >= 0.3 is 0 Å². The van der Waals surface area contributed by atoms with Crippen LogP contribution in [0.1, 0.15) is 39.0 Å². The van der Waals surface area contributed by atoms with Crippen molar-refractivity contribution in [3.8, 4) is 0 Å². The summed E-state index contributed by atoms with van der Waals surface area (Å²) in [4.78, 5) is 1.48. The molecule has 0 radical (unpaired) electrons. The number of hydrogen-bond donors (Lipinski definition) is 1. The molecule has 0 aliphatic heterocycles. The summed E-state index contributed by atoms with van der Waals surface area (Å²) in [5.41, 5.74) is 0. The van der Waals surface area contributed by atoms with E-state index in [0.717, 1.165) is 12.3 Å². The van der Waals surface area contributed by atoms with E-state index in [4.69, 9.17) is 0 Å². The van der Waals surface area contributed by atoms with Crippen molar-refractivity contribution in [2.24, 2.45) is 5.92 Å². The van der Waals surface area contributed by atoms with Gasteiger partial charge in [0.2, 0.25) is 0 Å². The smallest absolute Gasteiger partial charge is 0.00900 e. The largest absolute Gasteiger partial charge is 0.311 e. The van der Waals surface area contributed by atoms with E-state index >= 15 is 0 Å². The van der Waals surface area contributed by atoms with E-state index in [-0.39, 0.29) is 0 Å². The van der Waals surface area contributed by atoms with Crippen LogP contribution in [0.4, 0.5) is 0 Å². The molecule has 1 aromatic rings. The quantitative estimate of drug-likeness (QED) is 0.778. The number of rotatable bonds is 6. The molecule has 0 fully saturated rings. The fraction of sp³-hybridized carbons (Fsp3) is 0.692. The Morgan fingerprint density at radius 2 is 2.07 bits per heavy atom. The molecule has 0 amide bonds. The summed E-state index contributed by atoms with van der Waals surface area (Å²) in [5.74, 6) is 0.723. The molecule has 2 atom stereocenters. The molecular weight excluding hydrogens is 202 g/mol. The van der Waals surface area contributed by atoms with Crippen LogP contribution in [0.5, 0.6) is 0 Å². The monoisotopic (exact) mass is 225 g/mol. The van der Waals surface area contributed by atoms with Gasteiger partial charge in [0, 0.05) is 17.0 Å². The van der Waals surface area contributed by atoms with Crippen molar-refractivity contribution in [3.05, 3.63) is 22.4 Å². The first kappa shape index (κ1) is 12.7. The normalized spacial score (nSPS) is 15.5. The molecule has 0 aliphatic rings. The molecule has 0 bridgehead atoms. The zero-order valence-electron chi connectivity index (χ0n) is 10.3. The van der Waals surface area contributed by atoms with Crippen LogP contribution in [0.2, 0.25) is 0 Å². The highest BCUT2D eigenvalue weighted by Crippen LogP contribution is 2.13. The van der Waals surface area contributed by atoms with Gasteiger partial charge < -0.3 is 5.32 Å².